The van der Waals surface area contributed by atoms with E-state index in [1.807, 2.05) is 24.4 Å². The van der Waals surface area contributed by atoms with Gasteiger partial charge in [0.2, 0.25) is 0 Å². The fraction of sp³-hybridized carbons (Fsp3) is 0.455. The van der Waals surface area contributed by atoms with E-state index in [0.717, 1.165) is 42.5 Å². The maximum Gasteiger partial charge on any atom is 0.191 e. The number of hydrogen-bond donors (Lipinski definition) is 2. The highest BCUT2D eigenvalue weighted by Gasteiger charge is 2.36. The van der Waals surface area contributed by atoms with E-state index in [-0.39, 0.29) is 5.41 Å². The summed E-state index contributed by atoms with van der Waals surface area (Å²) in [6, 6.07) is 12.4. The third-order valence-electron chi connectivity index (χ3n) is 5.70. The SMILES string of the molecule is CN=C(NCc1ccccn1)NCC1(c2ccc3c(c2)OCCO3)CCCC1. The molecule has 1 aromatic carbocycles. The maximum absolute atomic E-state index is 5.81. The van der Waals surface area contributed by atoms with Crippen molar-refractivity contribution >= 4 is 5.96 Å². The van der Waals surface area contributed by atoms with Gasteiger partial charge in [-0.25, -0.2) is 0 Å². The van der Waals surface area contributed by atoms with E-state index in [2.05, 4.69) is 38.8 Å². The number of aliphatic imine (C=N–C) groups is 1. The fourth-order valence-electron chi connectivity index (χ4n) is 4.14. The number of nitrogens with one attached hydrogen (secondary N) is 2. The first-order valence-corrected chi connectivity index (χ1v) is 10.0. The Labute approximate surface area is 166 Å². The summed E-state index contributed by atoms with van der Waals surface area (Å²) in [7, 11) is 1.80. The number of nitrogens with zero attached hydrogens (tertiary/aromatic N) is 2. The zero-order valence-corrected chi connectivity index (χ0v) is 16.4. The minimum atomic E-state index is 0.0957. The molecule has 2 heterocycles. The zero-order valence-electron chi connectivity index (χ0n) is 16.4. The zero-order chi connectivity index (χ0) is 19.2. The standard InChI is InChI=1S/C22H28N4O2/c1-23-21(25-15-18-6-2-5-11-24-18)26-16-22(9-3-4-10-22)17-7-8-19-20(14-17)28-13-12-27-19/h2,5-8,11,14H,3-4,9-10,12-13,15-16H2,1H3,(H2,23,25,26). The molecule has 148 valence electrons. The van der Waals surface area contributed by atoms with Crippen LogP contribution in [0.4, 0.5) is 0 Å². The lowest BCUT2D eigenvalue weighted by Gasteiger charge is -2.32. The van der Waals surface area contributed by atoms with Crippen molar-refractivity contribution in [3.05, 3.63) is 53.9 Å². The lowest BCUT2D eigenvalue weighted by Crippen LogP contribution is -2.44. The first-order chi connectivity index (χ1) is 13.8. The van der Waals surface area contributed by atoms with Gasteiger partial charge in [0, 0.05) is 25.2 Å². The molecule has 1 fully saturated rings. The van der Waals surface area contributed by atoms with Crippen LogP contribution in [0.15, 0.2) is 47.6 Å². The van der Waals surface area contributed by atoms with Crippen molar-refractivity contribution in [1.29, 1.82) is 0 Å². The Morgan fingerprint density at radius 1 is 1.07 bits per heavy atom. The third-order valence-corrected chi connectivity index (χ3v) is 5.70. The minimum Gasteiger partial charge on any atom is -0.486 e. The Bertz CT molecular complexity index is 817. The molecular weight excluding hydrogens is 352 g/mol. The predicted octanol–water partition coefficient (Wildman–Crippen LogP) is 3.03. The topological polar surface area (TPSA) is 67.8 Å². The Hall–Kier alpha value is -2.76. The second-order valence-corrected chi connectivity index (χ2v) is 7.45. The third kappa shape index (κ3) is 4.06. The monoisotopic (exact) mass is 380 g/mol. The van der Waals surface area contributed by atoms with Crippen molar-refractivity contribution in [2.75, 3.05) is 26.8 Å². The highest BCUT2D eigenvalue weighted by atomic mass is 16.6. The number of hydrogen-bond acceptors (Lipinski definition) is 4. The van der Waals surface area contributed by atoms with E-state index in [9.17, 15) is 0 Å². The Morgan fingerprint density at radius 2 is 1.89 bits per heavy atom. The number of rotatable bonds is 5. The van der Waals surface area contributed by atoms with Crippen LogP contribution in [-0.4, -0.2) is 37.7 Å². The number of ether oxygens (including phenoxy) is 2. The van der Waals surface area contributed by atoms with Crippen molar-refractivity contribution in [3.63, 3.8) is 0 Å². The smallest absolute Gasteiger partial charge is 0.191 e. The van der Waals surface area contributed by atoms with Gasteiger partial charge in [0.1, 0.15) is 13.2 Å². The van der Waals surface area contributed by atoms with Crippen LogP contribution in [0, 0.1) is 0 Å². The van der Waals surface area contributed by atoms with E-state index in [4.69, 9.17) is 9.47 Å². The summed E-state index contributed by atoms with van der Waals surface area (Å²) in [6.07, 6.45) is 6.63. The van der Waals surface area contributed by atoms with Gasteiger partial charge in [0.15, 0.2) is 17.5 Å². The molecular formula is C22H28N4O2. The van der Waals surface area contributed by atoms with Gasteiger partial charge < -0.3 is 20.1 Å². The molecule has 1 aliphatic heterocycles. The van der Waals surface area contributed by atoms with Gasteiger partial charge >= 0.3 is 0 Å². The van der Waals surface area contributed by atoms with Crippen LogP contribution in [0.1, 0.15) is 36.9 Å². The summed E-state index contributed by atoms with van der Waals surface area (Å²) >= 11 is 0. The number of benzene rings is 1. The van der Waals surface area contributed by atoms with E-state index in [1.54, 1.807) is 7.05 Å². The minimum absolute atomic E-state index is 0.0957. The van der Waals surface area contributed by atoms with Crippen LogP contribution in [0.25, 0.3) is 0 Å². The molecule has 0 unspecified atom stereocenters. The van der Waals surface area contributed by atoms with Gasteiger partial charge in [-0.3, -0.25) is 9.98 Å². The summed E-state index contributed by atoms with van der Waals surface area (Å²) in [6.45, 7) is 2.73. The van der Waals surface area contributed by atoms with Crippen LogP contribution < -0.4 is 20.1 Å². The Balaban J connectivity index is 1.44. The highest BCUT2D eigenvalue weighted by molar-refractivity contribution is 5.79. The van der Waals surface area contributed by atoms with Crippen molar-refractivity contribution in [3.8, 4) is 11.5 Å². The average Bonchev–Trinajstić information content (AvgIpc) is 3.24. The lowest BCUT2D eigenvalue weighted by atomic mass is 9.78. The molecule has 1 saturated carbocycles. The van der Waals surface area contributed by atoms with Crippen molar-refractivity contribution < 1.29 is 9.47 Å². The maximum atomic E-state index is 5.81. The van der Waals surface area contributed by atoms with Gasteiger partial charge in [-0.2, -0.15) is 0 Å². The van der Waals surface area contributed by atoms with Gasteiger partial charge in [-0.1, -0.05) is 25.0 Å². The van der Waals surface area contributed by atoms with Crippen LogP contribution in [-0.2, 0) is 12.0 Å². The second kappa shape index (κ2) is 8.50. The van der Waals surface area contributed by atoms with E-state index in [0.29, 0.717) is 19.8 Å². The molecule has 0 amide bonds. The first kappa shape index (κ1) is 18.6. The molecule has 6 heteroatoms. The van der Waals surface area contributed by atoms with E-state index >= 15 is 0 Å². The number of guanidine groups is 1. The van der Waals surface area contributed by atoms with Crippen molar-refractivity contribution in [2.45, 2.75) is 37.6 Å². The molecule has 0 spiro atoms. The van der Waals surface area contributed by atoms with Gasteiger partial charge in [0.25, 0.3) is 0 Å². The molecule has 2 N–H and O–H groups in total. The fourth-order valence-corrected chi connectivity index (χ4v) is 4.14. The summed E-state index contributed by atoms with van der Waals surface area (Å²) < 4.78 is 11.5. The van der Waals surface area contributed by atoms with Crippen molar-refractivity contribution in [2.24, 2.45) is 4.99 Å². The van der Waals surface area contributed by atoms with Crippen molar-refractivity contribution in [1.82, 2.24) is 15.6 Å². The molecule has 0 atom stereocenters. The molecule has 0 bridgehead atoms. The summed E-state index contributed by atoms with van der Waals surface area (Å²) in [5.74, 6) is 2.52. The molecule has 6 nitrogen and oxygen atoms in total. The van der Waals surface area contributed by atoms with Crippen LogP contribution >= 0.6 is 0 Å². The van der Waals surface area contributed by atoms with Gasteiger partial charge in [0.05, 0.1) is 12.2 Å². The van der Waals surface area contributed by atoms with Gasteiger partial charge in [-0.05, 0) is 42.7 Å². The largest absolute Gasteiger partial charge is 0.486 e. The van der Waals surface area contributed by atoms with Gasteiger partial charge in [-0.15, -0.1) is 0 Å². The lowest BCUT2D eigenvalue weighted by molar-refractivity contribution is 0.171. The first-order valence-electron chi connectivity index (χ1n) is 10.0. The number of aromatic nitrogens is 1. The van der Waals surface area contributed by atoms with E-state index < -0.39 is 0 Å². The molecule has 1 aliphatic carbocycles. The molecule has 1 aromatic heterocycles. The molecule has 0 saturated heterocycles. The molecule has 2 aromatic rings. The molecule has 2 aliphatic rings. The molecule has 28 heavy (non-hydrogen) atoms. The van der Waals surface area contributed by atoms with E-state index in [1.165, 1.54) is 18.4 Å². The molecule has 0 radical (unpaired) electrons. The van der Waals surface area contributed by atoms with Crippen LogP contribution in [0.3, 0.4) is 0 Å². The number of fused-ring (bicyclic) bond motifs is 1. The Morgan fingerprint density at radius 3 is 2.64 bits per heavy atom. The van der Waals surface area contributed by atoms with Crippen LogP contribution in [0.2, 0.25) is 0 Å². The summed E-state index contributed by atoms with van der Waals surface area (Å²) in [5, 5.41) is 6.90. The predicted molar refractivity (Wildman–Crippen MR) is 110 cm³/mol. The van der Waals surface area contributed by atoms with Crippen LogP contribution in [0.5, 0.6) is 11.5 Å². The second-order valence-electron chi connectivity index (χ2n) is 7.45. The number of pyridine rings is 1. The Kier molecular flexibility index (Phi) is 5.65. The average molecular weight is 380 g/mol. The highest BCUT2D eigenvalue weighted by Crippen LogP contribution is 2.43. The summed E-state index contributed by atoms with van der Waals surface area (Å²) in [5.41, 5.74) is 2.41. The quantitative estimate of drug-likeness (QED) is 0.616. The molecule has 4 rings (SSSR count). The normalized spacial score (nSPS) is 18.0. The summed E-state index contributed by atoms with van der Waals surface area (Å²) in [4.78, 5) is 8.73.